The molecule has 0 aliphatic carbocycles. The number of aryl methyl sites for hydroxylation is 2. The molecule has 0 amide bonds. The molecule has 0 radical (unpaired) electrons. The molecule has 1 aliphatic heterocycles. The van der Waals surface area contributed by atoms with E-state index < -0.39 is 6.10 Å². The number of fused-ring (bicyclic) bond motifs is 1. The molecule has 3 rings (SSSR count). The minimum Gasteiger partial charge on any atom is -0.389 e. The predicted octanol–water partition coefficient (Wildman–Crippen LogP) is 4.14. The molecule has 1 aliphatic rings. The van der Waals surface area contributed by atoms with Gasteiger partial charge in [0.2, 0.25) is 0 Å². The number of nitrogens with zero attached hydrogens (tertiary/aromatic N) is 3. The lowest BCUT2D eigenvalue weighted by molar-refractivity contribution is 0.209. The summed E-state index contributed by atoms with van der Waals surface area (Å²) in [4.78, 5) is 13.4. The van der Waals surface area contributed by atoms with Crippen LogP contribution in [0.5, 0.6) is 0 Å². The molecule has 5 heteroatoms. The molecule has 3 heterocycles. The van der Waals surface area contributed by atoms with Crippen LogP contribution in [0, 0.1) is 0 Å². The van der Waals surface area contributed by atoms with Gasteiger partial charge in [0.05, 0.1) is 6.10 Å². The number of unbranched alkanes of at least 4 members (excludes halogenated alkanes) is 1. The zero-order chi connectivity index (χ0) is 19.1. The molecule has 0 spiro atoms. The van der Waals surface area contributed by atoms with Crippen LogP contribution in [-0.4, -0.2) is 32.7 Å². The number of rotatable bonds is 8. The van der Waals surface area contributed by atoms with Gasteiger partial charge in [-0.25, -0.2) is 15.0 Å². The van der Waals surface area contributed by atoms with Crippen LogP contribution < -0.4 is 5.32 Å². The Morgan fingerprint density at radius 2 is 2.00 bits per heavy atom. The molecular weight excluding hydrogens is 336 g/mol. The van der Waals surface area contributed by atoms with Crippen molar-refractivity contribution >= 4 is 11.9 Å². The van der Waals surface area contributed by atoms with Gasteiger partial charge in [-0.2, -0.15) is 0 Å². The Kier molecular flexibility index (Phi) is 6.93. The second kappa shape index (κ2) is 9.60. The summed E-state index contributed by atoms with van der Waals surface area (Å²) in [5.41, 5.74) is 3.38. The van der Waals surface area contributed by atoms with E-state index in [2.05, 4.69) is 41.3 Å². The van der Waals surface area contributed by atoms with Crippen LogP contribution in [0.15, 0.2) is 30.6 Å². The van der Waals surface area contributed by atoms with Gasteiger partial charge in [0.1, 0.15) is 11.6 Å². The van der Waals surface area contributed by atoms with Gasteiger partial charge in [-0.05, 0) is 43.7 Å². The fraction of sp³-hybridized carbons (Fsp3) is 0.500. The first kappa shape index (κ1) is 19.5. The van der Waals surface area contributed by atoms with Crippen molar-refractivity contribution < 1.29 is 5.11 Å². The molecule has 2 aromatic rings. The molecule has 0 bridgehead atoms. The van der Waals surface area contributed by atoms with Crippen molar-refractivity contribution in [1.82, 2.24) is 15.0 Å². The highest BCUT2D eigenvalue weighted by Gasteiger charge is 2.10. The molecular formula is C22H30N4O. The smallest absolute Gasteiger partial charge is 0.130 e. The van der Waals surface area contributed by atoms with Crippen LogP contribution >= 0.6 is 0 Å². The summed E-state index contributed by atoms with van der Waals surface area (Å²) in [7, 11) is 0. The lowest BCUT2D eigenvalue weighted by Gasteiger charge is -2.17. The van der Waals surface area contributed by atoms with Crippen LogP contribution in [0.2, 0.25) is 0 Å². The molecule has 0 aromatic carbocycles. The molecule has 144 valence electrons. The maximum atomic E-state index is 10.2. The van der Waals surface area contributed by atoms with Gasteiger partial charge >= 0.3 is 0 Å². The van der Waals surface area contributed by atoms with E-state index in [1.54, 1.807) is 12.4 Å². The van der Waals surface area contributed by atoms with E-state index in [1.807, 2.05) is 12.2 Å². The van der Waals surface area contributed by atoms with Gasteiger partial charge in [0.15, 0.2) is 0 Å². The number of hydrogen-bond donors (Lipinski definition) is 2. The minimum atomic E-state index is -0.437. The summed E-state index contributed by atoms with van der Waals surface area (Å²) >= 11 is 0. The zero-order valence-corrected chi connectivity index (χ0v) is 16.4. The highest BCUT2D eigenvalue weighted by molar-refractivity contribution is 5.47. The fourth-order valence-electron chi connectivity index (χ4n) is 3.22. The summed E-state index contributed by atoms with van der Waals surface area (Å²) < 4.78 is 0. The molecule has 5 nitrogen and oxygen atoms in total. The Morgan fingerprint density at radius 3 is 2.78 bits per heavy atom. The third-order valence-electron chi connectivity index (χ3n) is 4.85. The molecule has 27 heavy (non-hydrogen) atoms. The van der Waals surface area contributed by atoms with E-state index in [-0.39, 0.29) is 0 Å². The Labute approximate surface area is 162 Å². The van der Waals surface area contributed by atoms with E-state index in [0.29, 0.717) is 5.92 Å². The van der Waals surface area contributed by atoms with E-state index in [1.165, 1.54) is 12.0 Å². The molecule has 0 saturated carbocycles. The van der Waals surface area contributed by atoms with Crippen molar-refractivity contribution in [2.45, 2.75) is 64.4 Å². The lowest BCUT2D eigenvalue weighted by Crippen LogP contribution is -2.14. The molecule has 2 aromatic heterocycles. The number of pyridine rings is 1. The van der Waals surface area contributed by atoms with Crippen LogP contribution in [0.1, 0.15) is 68.1 Å². The molecule has 0 saturated heterocycles. The van der Waals surface area contributed by atoms with Crippen molar-refractivity contribution in [1.29, 1.82) is 0 Å². The second-order valence-corrected chi connectivity index (χ2v) is 7.54. The molecule has 0 unspecified atom stereocenters. The first-order valence-electron chi connectivity index (χ1n) is 10.0. The predicted molar refractivity (Wildman–Crippen MR) is 110 cm³/mol. The van der Waals surface area contributed by atoms with Crippen LogP contribution in [0.3, 0.4) is 0 Å². The quantitative estimate of drug-likeness (QED) is 0.687. The second-order valence-electron chi connectivity index (χ2n) is 7.54. The van der Waals surface area contributed by atoms with E-state index in [9.17, 15) is 5.11 Å². The van der Waals surface area contributed by atoms with E-state index in [0.717, 1.165) is 61.5 Å². The van der Waals surface area contributed by atoms with Crippen LogP contribution in [0.4, 0.5) is 5.82 Å². The Morgan fingerprint density at radius 1 is 1.19 bits per heavy atom. The van der Waals surface area contributed by atoms with Crippen molar-refractivity contribution in [3.8, 4) is 0 Å². The topological polar surface area (TPSA) is 70.9 Å². The first-order chi connectivity index (χ1) is 13.1. The molecule has 1 atom stereocenters. The van der Waals surface area contributed by atoms with Crippen molar-refractivity contribution in [3.05, 3.63) is 53.2 Å². The number of nitrogens with one attached hydrogen (secondary N) is 1. The highest BCUT2D eigenvalue weighted by atomic mass is 16.3. The SMILES string of the molecule is CC(C)c1ncc(/C=C/[C@H](O)CCCCc2ccc3c(n2)NCCC3)cn1. The van der Waals surface area contributed by atoms with Gasteiger partial charge in [0.25, 0.3) is 0 Å². The Bertz CT molecular complexity index is 755. The largest absolute Gasteiger partial charge is 0.389 e. The average Bonchev–Trinajstić information content (AvgIpc) is 2.70. The minimum absolute atomic E-state index is 0.328. The normalized spacial score (nSPS) is 15.0. The molecule has 0 fully saturated rings. The highest BCUT2D eigenvalue weighted by Crippen LogP contribution is 2.20. The van der Waals surface area contributed by atoms with Gasteiger partial charge in [-0.1, -0.05) is 38.5 Å². The Balaban J connectivity index is 1.39. The number of aliphatic hydroxyl groups is 1. The maximum absolute atomic E-state index is 10.2. The van der Waals surface area contributed by atoms with Crippen LogP contribution in [0.25, 0.3) is 6.08 Å². The summed E-state index contributed by atoms with van der Waals surface area (Å²) in [6.45, 7) is 5.17. The average molecular weight is 367 g/mol. The van der Waals surface area contributed by atoms with Crippen molar-refractivity contribution in [2.24, 2.45) is 0 Å². The number of anilines is 1. The van der Waals surface area contributed by atoms with Crippen molar-refractivity contribution in [3.63, 3.8) is 0 Å². The summed E-state index contributed by atoms with van der Waals surface area (Å²) in [5, 5.41) is 13.5. The Hall–Kier alpha value is -2.27. The maximum Gasteiger partial charge on any atom is 0.130 e. The van der Waals surface area contributed by atoms with Gasteiger partial charge in [0, 0.05) is 36.1 Å². The van der Waals surface area contributed by atoms with Crippen LogP contribution in [-0.2, 0) is 12.8 Å². The van der Waals surface area contributed by atoms with Crippen molar-refractivity contribution in [2.75, 3.05) is 11.9 Å². The zero-order valence-electron chi connectivity index (χ0n) is 16.4. The lowest BCUT2D eigenvalue weighted by atomic mass is 10.0. The summed E-state index contributed by atoms with van der Waals surface area (Å²) in [6, 6.07) is 4.34. The van der Waals surface area contributed by atoms with Gasteiger partial charge in [-0.15, -0.1) is 0 Å². The van der Waals surface area contributed by atoms with Gasteiger partial charge in [-0.3, -0.25) is 0 Å². The number of aliphatic hydroxyl groups excluding tert-OH is 1. The molecule has 2 N–H and O–H groups in total. The number of aromatic nitrogens is 3. The monoisotopic (exact) mass is 366 g/mol. The summed E-state index contributed by atoms with van der Waals surface area (Å²) in [5.74, 6) is 2.24. The van der Waals surface area contributed by atoms with Gasteiger partial charge < -0.3 is 10.4 Å². The fourth-order valence-corrected chi connectivity index (χ4v) is 3.22. The summed E-state index contributed by atoms with van der Waals surface area (Å²) in [6.07, 6.45) is 12.9. The number of hydrogen-bond acceptors (Lipinski definition) is 5. The van der Waals surface area contributed by atoms with E-state index in [4.69, 9.17) is 4.98 Å². The van der Waals surface area contributed by atoms with E-state index >= 15 is 0 Å². The first-order valence-corrected chi connectivity index (χ1v) is 10.0. The third-order valence-corrected chi connectivity index (χ3v) is 4.85. The third kappa shape index (κ3) is 5.86. The standard InChI is InChI=1S/C22H30N4O/c1-16(2)21-24-14-17(15-25-21)9-12-20(27)8-4-3-7-19-11-10-18-6-5-13-23-22(18)26-19/h9-12,14-16,20,27H,3-8,13H2,1-2H3,(H,23,26)/b12-9+/t20-/m1/s1.